The Bertz CT molecular complexity index is 630. The molecule has 0 saturated heterocycles. The Balaban J connectivity index is 1.96. The van der Waals surface area contributed by atoms with E-state index >= 15 is 0 Å². The molecule has 0 saturated carbocycles. The average molecular weight is 307 g/mol. The molecule has 116 valence electrons. The third kappa shape index (κ3) is 4.35. The Morgan fingerprint density at radius 1 is 0.955 bits per heavy atom. The predicted molar refractivity (Wildman–Crippen MR) is 79.6 cm³/mol. The molecular weight excluding hydrogens is 291 g/mol. The van der Waals surface area contributed by atoms with Gasteiger partial charge in [-0.25, -0.2) is 0 Å². The number of carbonyl (C=O) groups is 1. The summed E-state index contributed by atoms with van der Waals surface area (Å²) in [4.78, 5) is 11.9. The van der Waals surface area contributed by atoms with Gasteiger partial charge >= 0.3 is 6.18 Å². The minimum Gasteiger partial charge on any atom is -0.326 e. The molecule has 0 aromatic heterocycles. The molecule has 2 nitrogen and oxygen atoms in total. The molecule has 1 amide bonds. The van der Waals surface area contributed by atoms with Gasteiger partial charge in [-0.2, -0.15) is 13.2 Å². The van der Waals surface area contributed by atoms with Crippen LogP contribution in [0.3, 0.4) is 0 Å². The minimum absolute atomic E-state index is 0.186. The van der Waals surface area contributed by atoms with Gasteiger partial charge in [-0.15, -0.1) is 0 Å². The molecule has 0 bridgehead atoms. The number of hydrogen-bond donors (Lipinski definition) is 1. The fraction of sp³-hybridized carbons (Fsp3) is 0.235. The van der Waals surface area contributed by atoms with Gasteiger partial charge in [0.15, 0.2) is 0 Å². The van der Waals surface area contributed by atoms with E-state index in [0.29, 0.717) is 5.69 Å². The first kappa shape index (κ1) is 16.1. The van der Waals surface area contributed by atoms with Crippen LogP contribution >= 0.6 is 0 Å². The molecular formula is C17H16F3NO. The van der Waals surface area contributed by atoms with Gasteiger partial charge < -0.3 is 5.32 Å². The zero-order valence-corrected chi connectivity index (χ0v) is 12.1. The maximum absolute atomic E-state index is 12.4. The zero-order chi connectivity index (χ0) is 16.2. The molecule has 5 heteroatoms. The molecule has 0 heterocycles. The van der Waals surface area contributed by atoms with Crippen LogP contribution in [0.4, 0.5) is 18.9 Å². The zero-order valence-electron chi connectivity index (χ0n) is 12.1. The molecule has 0 aliphatic heterocycles. The molecule has 2 aromatic rings. The summed E-state index contributed by atoms with van der Waals surface area (Å²) in [6.45, 7) is 2.05. The first-order chi connectivity index (χ1) is 10.4. The maximum Gasteiger partial charge on any atom is 0.416 e. The van der Waals surface area contributed by atoms with Crippen LogP contribution < -0.4 is 5.32 Å². The second-order valence-corrected chi connectivity index (χ2v) is 4.97. The molecule has 0 fully saturated rings. The quantitative estimate of drug-likeness (QED) is 0.888. The third-order valence-corrected chi connectivity index (χ3v) is 3.29. The molecule has 2 rings (SSSR count). The van der Waals surface area contributed by atoms with Gasteiger partial charge in [-0.3, -0.25) is 4.79 Å². The lowest BCUT2D eigenvalue weighted by Gasteiger charge is -2.09. The third-order valence-electron chi connectivity index (χ3n) is 3.29. The topological polar surface area (TPSA) is 29.1 Å². The molecule has 0 radical (unpaired) electrons. The summed E-state index contributed by atoms with van der Waals surface area (Å²) in [6.07, 6.45) is -3.26. The minimum atomic E-state index is -4.37. The number of aryl methyl sites for hydroxylation is 1. The number of amides is 1. The van der Waals surface area contributed by atoms with Gasteiger partial charge in [0, 0.05) is 5.69 Å². The van der Waals surface area contributed by atoms with Crippen LogP contribution in [0.1, 0.15) is 23.6 Å². The van der Waals surface area contributed by atoms with Crippen molar-refractivity contribution in [2.24, 2.45) is 0 Å². The van der Waals surface area contributed by atoms with Crippen LogP contribution in [0, 0.1) is 0 Å². The first-order valence-electron chi connectivity index (χ1n) is 6.93. The van der Waals surface area contributed by atoms with E-state index in [1.54, 1.807) is 0 Å². The van der Waals surface area contributed by atoms with Crippen molar-refractivity contribution in [3.63, 3.8) is 0 Å². The monoisotopic (exact) mass is 307 g/mol. The van der Waals surface area contributed by atoms with Crippen molar-refractivity contribution in [2.75, 3.05) is 5.32 Å². The van der Waals surface area contributed by atoms with E-state index in [4.69, 9.17) is 0 Å². The number of nitrogens with one attached hydrogen (secondary N) is 1. The highest BCUT2D eigenvalue weighted by molar-refractivity contribution is 5.92. The number of rotatable bonds is 4. The van der Waals surface area contributed by atoms with E-state index in [0.717, 1.165) is 24.1 Å². The lowest BCUT2D eigenvalue weighted by Crippen LogP contribution is -2.14. The number of anilines is 1. The average Bonchev–Trinajstić information content (AvgIpc) is 2.47. The predicted octanol–water partition coefficient (Wildman–Crippen LogP) is 4.45. The van der Waals surface area contributed by atoms with E-state index in [2.05, 4.69) is 5.32 Å². The summed E-state index contributed by atoms with van der Waals surface area (Å²) < 4.78 is 37.3. The summed E-state index contributed by atoms with van der Waals surface area (Å²) >= 11 is 0. The van der Waals surface area contributed by atoms with Crippen molar-refractivity contribution in [2.45, 2.75) is 25.9 Å². The van der Waals surface area contributed by atoms with E-state index in [1.165, 1.54) is 17.7 Å². The maximum atomic E-state index is 12.4. The van der Waals surface area contributed by atoms with Gasteiger partial charge in [0.2, 0.25) is 5.91 Å². The molecule has 0 unspecified atom stereocenters. The number of benzene rings is 2. The van der Waals surface area contributed by atoms with Gasteiger partial charge in [0.25, 0.3) is 0 Å². The van der Waals surface area contributed by atoms with Crippen molar-refractivity contribution in [3.8, 4) is 0 Å². The van der Waals surface area contributed by atoms with Gasteiger partial charge in [0.1, 0.15) is 0 Å². The Hall–Kier alpha value is -2.30. The van der Waals surface area contributed by atoms with E-state index in [9.17, 15) is 18.0 Å². The summed E-state index contributed by atoms with van der Waals surface area (Å²) in [5.41, 5.74) is 1.66. The summed E-state index contributed by atoms with van der Waals surface area (Å²) in [5, 5.41) is 2.59. The van der Waals surface area contributed by atoms with Crippen LogP contribution in [0.15, 0.2) is 48.5 Å². The highest BCUT2D eigenvalue weighted by Gasteiger charge is 2.29. The number of halogens is 3. The fourth-order valence-corrected chi connectivity index (χ4v) is 2.03. The Kier molecular flexibility index (Phi) is 4.85. The number of hydrogen-bond acceptors (Lipinski definition) is 1. The van der Waals surface area contributed by atoms with Crippen molar-refractivity contribution in [1.29, 1.82) is 0 Å². The SMILES string of the molecule is CCc1ccc(CC(=O)Nc2ccc(C(F)(F)F)cc2)cc1. The van der Waals surface area contributed by atoms with Crippen LogP contribution in [0.2, 0.25) is 0 Å². The Morgan fingerprint density at radius 3 is 2.00 bits per heavy atom. The van der Waals surface area contributed by atoms with Gasteiger partial charge in [0.05, 0.1) is 12.0 Å². The van der Waals surface area contributed by atoms with Crippen LogP contribution in [-0.2, 0) is 23.8 Å². The van der Waals surface area contributed by atoms with Crippen molar-refractivity contribution in [3.05, 3.63) is 65.2 Å². The second kappa shape index (κ2) is 6.64. The summed E-state index contributed by atoms with van der Waals surface area (Å²) in [5.74, 6) is -0.260. The van der Waals surface area contributed by atoms with E-state index in [-0.39, 0.29) is 12.3 Å². The van der Waals surface area contributed by atoms with Gasteiger partial charge in [-0.1, -0.05) is 31.2 Å². The normalized spacial score (nSPS) is 11.3. The summed E-state index contributed by atoms with van der Waals surface area (Å²) in [7, 11) is 0. The lowest BCUT2D eigenvalue weighted by atomic mass is 10.1. The molecule has 0 aliphatic rings. The molecule has 1 N–H and O–H groups in total. The highest BCUT2D eigenvalue weighted by Crippen LogP contribution is 2.29. The smallest absolute Gasteiger partial charge is 0.326 e. The van der Waals surface area contributed by atoms with E-state index < -0.39 is 11.7 Å². The fourth-order valence-electron chi connectivity index (χ4n) is 2.03. The van der Waals surface area contributed by atoms with Crippen molar-refractivity contribution < 1.29 is 18.0 Å². The second-order valence-electron chi connectivity index (χ2n) is 4.97. The van der Waals surface area contributed by atoms with Crippen LogP contribution in [-0.4, -0.2) is 5.91 Å². The molecule has 0 atom stereocenters. The molecule has 22 heavy (non-hydrogen) atoms. The number of alkyl halides is 3. The Labute approximate surface area is 127 Å². The molecule has 0 spiro atoms. The van der Waals surface area contributed by atoms with Crippen LogP contribution in [0.5, 0.6) is 0 Å². The van der Waals surface area contributed by atoms with Crippen LogP contribution in [0.25, 0.3) is 0 Å². The number of carbonyl (C=O) groups excluding carboxylic acids is 1. The van der Waals surface area contributed by atoms with Crippen molar-refractivity contribution in [1.82, 2.24) is 0 Å². The molecule has 0 aliphatic carbocycles. The highest BCUT2D eigenvalue weighted by atomic mass is 19.4. The largest absolute Gasteiger partial charge is 0.416 e. The first-order valence-corrected chi connectivity index (χ1v) is 6.93. The van der Waals surface area contributed by atoms with Crippen molar-refractivity contribution >= 4 is 11.6 Å². The standard InChI is InChI=1S/C17H16F3NO/c1-2-12-3-5-13(6-4-12)11-16(22)21-15-9-7-14(8-10-15)17(18,19)20/h3-10H,2,11H2,1H3,(H,21,22). The van der Waals surface area contributed by atoms with E-state index in [1.807, 2.05) is 31.2 Å². The van der Waals surface area contributed by atoms with Gasteiger partial charge in [-0.05, 0) is 41.8 Å². The molecule has 2 aromatic carbocycles. The summed E-state index contributed by atoms with van der Waals surface area (Å²) in [6, 6.07) is 12.1. The lowest BCUT2D eigenvalue weighted by molar-refractivity contribution is -0.137. The Morgan fingerprint density at radius 2 is 1.50 bits per heavy atom.